The van der Waals surface area contributed by atoms with Crippen LogP contribution in [-0.4, -0.2) is 45.9 Å². The molecule has 2 aliphatic rings. The number of nitrogens with zero attached hydrogens (tertiary/aromatic N) is 4. The number of rotatable bonds is 2. The van der Waals surface area contributed by atoms with Gasteiger partial charge in [0.15, 0.2) is 0 Å². The third kappa shape index (κ3) is 2.71. The molecule has 6 nitrogen and oxygen atoms in total. The number of amides is 2. The minimum atomic E-state index is 0.0512. The maximum absolute atomic E-state index is 12.9. The van der Waals surface area contributed by atoms with Crippen molar-refractivity contribution in [2.45, 2.75) is 25.7 Å². The summed E-state index contributed by atoms with van der Waals surface area (Å²) in [5.41, 5.74) is 2.74. The van der Waals surface area contributed by atoms with Crippen molar-refractivity contribution in [2.75, 3.05) is 24.5 Å². The molecule has 2 aliphatic heterocycles. The summed E-state index contributed by atoms with van der Waals surface area (Å²) >= 11 is 0. The Morgan fingerprint density at radius 2 is 2.08 bits per heavy atom. The molecule has 6 heteroatoms. The lowest BCUT2D eigenvalue weighted by atomic mass is 10.1. The van der Waals surface area contributed by atoms with Crippen molar-refractivity contribution in [1.82, 2.24) is 14.5 Å². The van der Waals surface area contributed by atoms with Crippen molar-refractivity contribution in [2.24, 2.45) is 7.05 Å². The van der Waals surface area contributed by atoms with E-state index in [1.54, 1.807) is 18.0 Å². The second-order valence-electron chi connectivity index (χ2n) is 6.90. The molecule has 1 aromatic carbocycles. The first-order chi connectivity index (χ1) is 12.0. The van der Waals surface area contributed by atoms with Gasteiger partial charge in [-0.3, -0.25) is 9.59 Å². The number of hydrogen-bond acceptors (Lipinski definition) is 3. The molecule has 1 atom stereocenters. The Hall–Kier alpha value is -2.63. The fourth-order valence-electron chi connectivity index (χ4n) is 3.97. The van der Waals surface area contributed by atoms with E-state index in [0.29, 0.717) is 24.6 Å². The number of benzene rings is 1. The normalized spacial score (nSPS) is 19.4. The number of anilines is 1. The molecule has 0 radical (unpaired) electrons. The highest BCUT2D eigenvalue weighted by Crippen LogP contribution is 2.31. The van der Waals surface area contributed by atoms with Gasteiger partial charge in [0, 0.05) is 63.2 Å². The third-order valence-electron chi connectivity index (χ3n) is 5.30. The van der Waals surface area contributed by atoms with Gasteiger partial charge in [-0.1, -0.05) is 0 Å². The summed E-state index contributed by atoms with van der Waals surface area (Å²) < 4.78 is 2.03. The fourth-order valence-corrected chi connectivity index (χ4v) is 3.97. The van der Waals surface area contributed by atoms with E-state index in [4.69, 9.17) is 0 Å². The Labute approximate surface area is 147 Å². The van der Waals surface area contributed by atoms with Crippen LogP contribution < -0.4 is 4.90 Å². The number of carbonyl (C=O) groups is 2. The standard InChI is InChI=1S/C19H22N4O2/c1-13(24)23-9-6-14-11-15(3-4-17(14)23)19(25)22-8-5-16(12-22)18-20-7-10-21(18)2/h3-4,7,10-11,16H,5-6,8-9,12H2,1-2H3. The van der Waals surface area contributed by atoms with Crippen LogP contribution in [0.1, 0.15) is 41.0 Å². The Morgan fingerprint density at radius 1 is 1.24 bits per heavy atom. The number of carbonyl (C=O) groups excluding carboxylic acids is 2. The molecule has 2 aromatic rings. The van der Waals surface area contributed by atoms with Crippen LogP contribution in [0.25, 0.3) is 0 Å². The van der Waals surface area contributed by atoms with Gasteiger partial charge in [0.2, 0.25) is 5.91 Å². The molecule has 0 saturated carbocycles. The molecule has 25 heavy (non-hydrogen) atoms. The number of likely N-dealkylation sites (tertiary alicyclic amines) is 1. The summed E-state index contributed by atoms with van der Waals surface area (Å²) in [7, 11) is 1.99. The topological polar surface area (TPSA) is 58.4 Å². The van der Waals surface area contributed by atoms with Gasteiger partial charge in [-0.05, 0) is 36.6 Å². The van der Waals surface area contributed by atoms with E-state index in [-0.39, 0.29) is 11.8 Å². The quantitative estimate of drug-likeness (QED) is 0.841. The van der Waals surface area contributed by atoms with Crippen LogP contribution in [0.4, 0.5) is 5.69 Å². The molecular weight excluding hydrogens is 316 g/mol. The van der Waals surface area contributed by atoms with Crippen LogP contribution >= 0.6 is 0 Å². The molecule has 1 aromatic heterocycles. The van der Waals surface area contributed by atoms with Crippen molar-refractivity contribution in [3.63, 3.8) is 0 Å². The Kier molecular flexibility index (Phi) is 3.82. The average molecular weight is 338 g/mol. The number of fused-ring (bicyclic) bond motifs is 1. The smallest absolute Gasteiger partial charge is 0.253 e. The summed E-state index contributed by atoms with van der Waals surface area (Å²) in [6.07, 6.45) is 5.51. The van der Waals surface area contributed by atoms with Crippen molar-refractivity contribution in [3.8, 4) is 0 Å². The van der Waals surface area contributed by atoms with Crippen LogP contribution in [-0.2, 0) is 18.3 Å². The predicted octanol–water partition coefficient (Wildman–Crippen LogP) is 1.96. The number of aromatic nitrogens is 2. The van der Waals surface area contributed by atoms with Crippen molar-refractivity contribution in [1.29, 1.82) is 0 Å². The molecule has 3 heterocycles. The van der Waals surface area contributed by atoms with E-state index in [0.717, 1.165) is 36.5 Å². The van der Waals surface area contributed by atoms with Crippen molar-refractivity contribution in [3.05, 3.63) is 47.5 Å². The minimum absolute atomic E-state index is 0.0512. The summed E-state index contributed by atoms with van der Waals surface area (Å²) in [6, 6.07) is 5.70. The van der Waals surface area contributed by atoms with Crippen molar-refractivity contribution < 1.29 is 9.59 Å². The van der Waals surface area contributed by atoms with Gasteiger partial charge in [-0.25, -0.2) is 4.98 Å². The lowest BCUT2D eigenvalue weighted by Gasteiger charge is -2.18. The summed E-state index contributed by atoms with van der Waals surface area (Å²) in [6.45, 7) is 3.75. The number of hydrogen-bond donors (Lipinski definition) is 0. The maximum Gasteiger partial charge on any atom is 0.253 e. The number of aryl methyl sites for hydroxylation is 1. The maximum atomic E-state index is 12.9. The lowest BCUT2D eigenvalue weighted by Crippen LogP contribution is -2.29. The molecule has 1 unspecified atom stereocenters. The van der Waals surface area contributed by atoms with Gasteiger partial charge in [-0.2, -0.15) is 0 Å². The molecule has 1 saturated heterocycles. The second-order valence-corrected chi connectivity index (χ2v) is 6.90. The monoisotopic (exact) mass is 338 g/mol. The molecule has 2 amide bonds. The van der Waals surface area contributed by atoms with Gasteiger partial charge in [0.25, 0.3) is 5.91 Å². The van der Waals surface area contributed by atoms with Crippen LogP contribution in [0.5, 0.6) is 0 Å². The summed E-state index contributed by atoms with van der Waals surface area (Å²) in [5, 5.41) is 0. The largest absolute Gasteiger partial charge is 0.338 e. The highest BCUT2D eigenvalue weighted by molar-refractivity contribution is 5.98. The van der Waals surface area contributed by atoms with E-state index in [1.807, 2.05) is 40.9 Å². The average Bonchev–Trinajstić information content (AvgIpc) is 3.31. The molecule has 0 aliphatic carbocycles. The highest BCUT2D eigenvalue weighted by Gasteiger charge is 2.31. The van der Waals surface area contributed by atoms with Gasteiger partial charge >= 0.3 is 0 Å². The number of imidazole rings is 1. The van der Waals surface area contributed by atoms with Gasteiger partial charge in [0.1, 0.15) is 5.82 Å². The Bertz CT molecular complexity index is 842. The lowest BCUT2D eigenvalue weighted by molar-refractivity contribution is -0.116. The Balaban J connectivity index is 1.51. The molecule has 130 valence electrons. The zero-order valence-electron chi connectivity index (χ0n) is 14.6. The molecule has 1 fully saturated rings. The highest BCUT2D eigenvalue weighted by atomic mass is 16.2. The minimum Gasteiger partial charge on any atom is -0.338 e. The molecule has 0 N–H and O–H groups in total. The Morgan fingerprint density at radius 3 is 2.80 bits per heavy atom. The van der Waals surface area contributed by atoms with Crippen LogP contribution in [0, 0.1) is 0 Å². The van der Waals surface area contributed by atoms with Gasteiger partial charge in [-0.15, -0.1) is 0 Å². The summed E-state index contributed by atoms with van der Waals surface area (Å²) in [4.78, 5) is 32.6. The molecule has 0 bridgehead atoms. The van der Waals surface area contributed by atoms with Crippen molar-refractivity contribution >= 4 is 17.5 Å². The van der Waals surface area contributed by atoms with E-state index in [2.05, 4.69) is 4.98 Å². The van der Waals surface area contributed by atoms with Crippen LogP contribution in [0.3, 0.4) is 0 Å². The van der Waals surface area contributed by atoms with Gasteiger partial charge in [0.05, 0.1) is 0 Å². The fraction of sp³-hybridized carbons (Fsp3) is 0.421. The van der Waals surface area contributed by atoms with Gasteiger partial charge < -0.3 is 14.4 Å². The van der Waals surface area contributed by atoms with E-state index >= 15 is 0 Å². The van der Waals surface area contributed by atoms with E-state index < -0.39 is 0 Å². The molecule has 0 spiro atoms. The second kappa shape index (κ2) is 6.02. The zero-order chi connectivity index (χ0) is 17.6. The molecule has 4 rings (SSSR count). The van der Waals surface area contributed by atoms with Crippen LogP contribution in [0.15, 0.2) is 30.6 Å². The third-order valence-corrected chi connectivity index (χ3v) is 5.30. The first-order valence-electron chi connectivity index (χ1n) is 8.72. The predicted molar refractivity (Wildman–Crippen MR) is 94.6 cm³/mol. The first kappa shape index (κ1) is 15.9. The zero-order valence-corrected chi connectivity index (χ0v) is 14.6. The first-order valence-corrected chi connectivity index (χ1v) is 8.72. The SMILES string of the molecule is CC(=O)N1CCc2cc(C(=O)N3CCC(c4nccn4C)C3)ccc21. The van der Waals surface area contributed by atoms with E-state index in [1.165, 1.54) is 0 Å². The van der Waals surface area contributed by atoms with Crippen LogP contribution in [0.2, 0.25) is 0 Å². The summed E-state index contributed by atoms with van der Waals surface area (Å²) in [5.74, 6) is 1.46. The van der Waals surface area contributed by atoms with E-state index in [9.17, 15) is 9.59 Å². The molecular formula is C19H22N4O2.